The number of ether oxygens (including phenoxy) is 1. The number of hydrogen-bond acceptors (Lipinski definition) is 6. The van der Waals surface area contributed by atoms with E-state index in [0.717, 1.165) is 5.56 Å². The Hall–Kier alpha value is -3.34. The second kappa shape index (κ2) is 10.1. The van der Waals surface area contributed by atoms with E-state index in [0.29, 0.717) is 37.6 Å². The zero-order valence-electron chi connectivity index (χ0n) is 17.9. The maximum absolute atomic E-state index is 12.7. The molecule has 9 nitrogen and oxygen atoms in total. The molecule has 0 atom stereocenters. The maximum Gasteiger partial charge on any atom is 0.266 e. The summed E-state index contributed by atoms with van der Waals surface area (Å²) in [5, 5.41) is 7.11. The summed E-state index contributed by atoms with van der Waals surface area (Å²) in [6.45, 7) is 1.75. The van der Waals surface area contributed by atoms with Crippen LogP contribution in [0, 0.1) is 0 Å². The molecule has 1 aliphatic rings. The van der Waals surface area contributed by atoms with Crippen LogP contribution in [0.2, 0.25) is 0 Å². The Morgan fingerprint density at radius 3 is 2.36 bits per heavy atom. The summed E-state index contributed by atoms with van der Waals surface area (Å²) < 4.78 is 33.3. The highest BCUT2D eigenvalue weighted by Gasteiger charge is 2.26. The number of benzene rings is 2. The molecular weight excluding hydrogens is 444 g/mol. The third-order valence-electron chi connectivity index (χ3n) is 5.27. The third kappa shape index (κ3) is 5.36. The van der Waals surface area contributed by atoms with Crippen molar-refractivity contribution >= 4 is 15.9 Å². The first-order valence-electron chi connectivity index (χ1n) is 10.5. The molecule has 0 radical (unpaired) electrons. The van der Waals surface area contributed by atoms with E-state index in [4.69, 9.17) is 4.74 Å². The lowest BCUT2D eigenvalue weighted by Crippen LogP contribution is -2.40. The number of carbonyl (C=O) groups excluding carboxylic acids is 1. The molecule has 0 aliphatic carbocycles. The molecule has 0 unspecified atom stereocenters. The standard InChI is InChI=1S/C23H24N4O5S/c28-22-11-10-21(18-4-2-1-3-5-18)25-27(22)13-12-24-23(29)19-6-8-20(9-7-19)33(30,31)26-14-16-32-17-15-26/h1-11H,12-17H2,(H,24,29). The van der Waals surface area contributed by atoms with Crippen LogP contribution in [0.25, 0.3) is 11.3 Å². The molecule has 10 heteroatoms. The van der Waals surface area contributed by atoms with E-state index in [9.17, 15) is 18.0 Å². The quantitative estimate of drug-likeness (QED) is 0.561. The number of sulfonamides is 1. The van der Waals surface area contributed by atoms with Crippen LogP contribution in [0.4, 0.5) is 0 Å². The Bertz CT molecular complexity index is 1270. The van der Waals surface area contributed by atoms with Crippen molar-refractivity contribution in [2.45, 2.75) is 11.4 Å². The van der Waals surface area contributed by atoms with Crippen LogP contribution in [-0.2, 0) is 21.3 Å². The lowest BCUT2D eigenvalue weighted by atomic mass is 10.1. The molecule has 0 bridgehead atoms. The van der Waals surface area contributed by atoms with Gasteiger partial charge in [-0.15, -0.1) is 0 Å². The van der Waals surface area contributed by atoms with Gasteiger partial charge in [-0.2, -0.15) is 9.40 Å². The van der Waals surface area contributed by atoms with Gasteiger partial charge in [0.15, 0.2) is 0 Å². The average Bonchev–Trinajstić information content (AvgIpc) is 2.86. The van der Waals surface area contributed by atoms with Gasteiger partial charge in [0.1, 0.15) is 0 Å². The summed E-state index contributed by atoms with van der Waals surface area (Å²) in [6, 6.07) is 18.4. The Balaban J connectivity index is 1.37. The molecule has 2 aromatic carbocycles. The first-order chi connectivity index (χ1) is 15.9. The second-order valence-electron chi connectivity index (χ2n) is 7.44. The predicted molar refractivity (Wildman–Crippen MR) is 122 cm³/mol. The van der Waals surface area contributed by atoms with Crippen molar-refractivity contribution in [3.05, 3.63) is 82.6 Å². The Kier molecular flexibility index (Phi) is 6.97. The fourth-order valence-electron chi connectivity index (χ4n) is 3.46. The molecule has 1 aliphatic heterocycles. The zero-order valence-corrected chi connectivity index (χ0v) is 18.7. The summed E-state index contributed by atoms with van der Waals surface area (Å²) in [4.78, 5) is 24.7. The first kappa shape index (κ1) is 22.8. The predicted octanol–water partition coefficient (Wildman–Crippen LogP) is 1.36. The molecule has 3 aromatic rings. The highest BCUT2D eigenvalue weighted by molar-refractivity contribution is 7.89. The molecule has 33 heavy (non-hydrogen) atoms. The second-order valence-corrected chi connectivity index (χ2v) is 9.38. The van der Waals surface area contributed by atoms with Crippen molar-refractivity contribution in [2.24, 2.45) is 0 Å². The summed E-state index contributed by atoms with van der Waals surface area (Å²) in [7, 11) is -3.61. The summed E-state index contributed by atoms with van der Waals surface area (Å²) in [5.74, 6) is -0.363. The molecule has 4 rings (SSSR count). The summed E-state index contributed by atoms with van der Waals surface area (Å²) in [6.07, 6.45) is 0. The fraction of sp³-hybridized carbons (Fsp3) is 0.261. The van der Waals surface area contributed by atoms with Crippen molar-refractivity contribution in [3.63, 3.8) is 0 Å². The van der Waals surface area contributed by atoms with Gasteiger partial charge in [-0.1, -0.05) is 30.3 Å². The van der Waals surface area contributed by atoms with Crippen molar-refractivity contribution in [3.8, 4) is 11.3 Å². The van der Waals surface area contributed by atoms with Gasteiger partial charge in [-0.25, -0.2) is 13.1 Å². The molecule has 1 amide bonds. The minimum atomic E-state index is -3.61. The van der Waals surface area contributed by atoms with Crippen LogP contribution in [-0.4, -0.2) is 61.3 Å². The molecule has 172 valence electrons. The lowest BCUT2D eigenvalue weighted by molar-refractivity contribution is 0.0730. The highest BCUT2D eigenvalue weighted by Crippen LogP contribution is 2.18. The number of nitrogens with zero attached hydrogens (tertiary/aromatic N) is 3. The summed E-state index contributed by atoms with van der Waals surface area (Å²) >= 11 is 0. The molecule has 1 fully saturated rings. The van der Waals surface area contributed by atoms with Crippen molar-refractivity contribution in [1.29, 1.82) is 0 Å². The van der Waals surface area contributed by atoms with Crippen LogP contribution in [0.5, 0.6) is 0 Å². The molecular formula is C23H24N4O5S. The van der Waals surface area contributed by atoms with Crippen LogP contribution < -0.4 is 10.9 Å². The molecule has 0 spiro atoms. The first-order valence-corrected chi connectivity index (χ1v) is 12.0. The fourth-order valence-corrected chi connectivity index (χ4v) is 4.87. The van der Waals surface area contributed by atoms with E-state index in [2.05, 4.69) is 10.4 Å². The van der Waals surface area contributed by atoms with E-state index >= 15 is 0 Å². The van der Waals surface area contributed by atoms with Crippen LogP contribution in [0.15, 0.2) is 76.4 Å². The van der Waals surface area contributed by atoms with Gasteiger partial charge in [-0.05, 0) is 30.3 Å². The minimum absolute atomic E-state index is 0.134. The van der Waals surface area contributed by atoms with E-state index < -0.39 is 10.0 Å². The number of nitrogens with one attached hydrogen (secondary N) is 1. The number of aromatic nitrogens is 2. The van der Waals surface area contributed by atoms with Crippen LogP contribution in [0.1, 0.15) is 10.4 Å². The Labute approximate surface area is 191 Å². The number of carbonyl (C=O) groups is 1. The molecule has 1 aromatic heterocycles. The topological polar surface area (TPSA) is 111 Å². The Morgan fingerprint density at radius 2 is 1.67 bits per heavy atom. The van der Waals surface area contributed by atoms with Gasteiger partial charge in [0.05, 0.1) is 30.3 Å². The highest BCUT2D eigenvalue weighted by atomic mass is 32.2. The molecule has 1 N–H and O–H groups in total. The van der Waals surface area contributed by atoms with Gasteiger partial charge in [0.25, 0.3) is 11.5 Å². The van der Waals surface area contributed by atoms with Crippen LogP contribution >= 0.6 is 0 Å². The van der Waals surface area contributed by atoms with E-state index in [1.165, 1.54) is 39.3 Å². The summed E-state index contributed by atoms with van der Waals surface area (Å²) in [5.41, 5.74) is 1.62. The van der Waals surface area contributed by atoms with Gasteiger partial charge in [0, 0.05) is 36.8 Å². The van der Waals surface area contributed by atoms with E-state index in [-0.39, 0.29) is 29.5 Å². The van der Waals surface area contributed by atoms with Gasteiger partial charge >= 0.3 is 0 Å². The number of hydrogen-bond donors (Lipinski definition) is 1. The average molecular weight is 469 g/mol. The minimum Gasteiger partial charge on any atom is -0.379 e. The molecule has 2 heterocycles. The lowest BCUT2D eigenvalue weighted by Gasteiger charge is -2.26. The monoisotopic (exact) mass is 468 g/mol. The van der Waals surface area contributed by atoms with Crippen molar-refractivity contribution < 1.29 is 17.9 Å². The van der Waals surface area contributed by atoms with Crippen molar-refractivity contribution in [2.75, 3.05) is 32.8 Å². The number of morpholine rings is 1. The Morgan fingerprint density at radius 1 is 0.970 bits per heavy atom. The SMILES string of the molecule is O=C(NCCn1nc(-c2ccccc2)ccc1=O)c1ccc(S(=O)(=O)N2CCOCC2)cc1. The number of rotatable bonds is 7. The van der Waals surface area contributed by atoms with Crippen LogP contribution in [0.3, 0.4) is 0 Å². The zero-order chi connectivity index (χ0) is 23.3. The third-order valence-corrected chi connectivity index (χ3v) is 7.18. The van der Waals surface area contributed by atoms with E-state index in [1.54, 1.807) is 6.07 Å². The van der Waals surface area contributed by atoms with Gasteiger partial charge in [-0.3, -0.25) is 9.59 Å². The molecule has 0 saturated carbocycles. The normalized spacial score (nSPS) is 14.7. The molecule has 1 saturated heterocycles. The van der Waals surface area contributed by atoms with Gasteiger partial charge in [0.2, 0.25) is 10.0 Å². The van der Waals surface area contributed by atoms with E-state index in [1.807, 2.05) is 30.3 Å². The smallest absolute Gasteiger partial charge is 0.266 e. The van der Waals surface area contributed by atoms with Gasteiger partial charge < -0.3 is 10.1 Å². The maximum atomic E-state index is 12.7. The largest absolute Gasteiger partial charge is 0.379 e. The number of amides is 1. The van der Waals surface area contributed by atoms with Crippen molar-refractivity contribution in [1.82, 2.24) is 19.4 Å².